The molecule has 1 fully saturated rings. The molecule has 0 bridgehead atoms. The molecule has 4 heteroatoms. The summed E-state index contributed by atoms with van der Waals surface area (Å²) < 4.78 is 10.3. The molecule has 0 aromatic heterocycles. The minimum absolute atomic E-state index is 0.113. The standard InChI is InChI=1S/C16H23NO3/c1-3-20-16(18)12-15(17-10-4-5-11-17)13-6-8-14(19-2)9-7-13/h6-9,15H,3-5,10-12H2,1-2H3. The number of nitrogens with zero attached hydrogens (tertiary/aromatic N) is 1. The smallest absolute Gasteiger partial charge is 0.307 e. The van der Waals surface area contributed by atoms with E-state index >= 15 is 0 Å². The molecule has 1 aromatic rings. The number of benzene rings is 1. The number of esters is 1. The second-order valence-electron chi connectivity index (χ2n) is 5.04. The van der Waals surface area contributed by atoms with Gasteiger partial charge in [-0.15, -0.1) is 0 Å². The number of likely N-dealkylation sites (tertiary alicyclic amines) is 1. The molecule has 2 rings (SSSR count). The van der Waals surface area contributed by atoms with E-state index in [1.165, 1.54) is 12.8 Å². The number of carbonyl (C=O) groups is 1. The van der Waals surface area contributed by atoms with Crippen LogP contribution in [-0.2, 0) is 9.53 Å². The van der Waals surface area contributed by atoms with Crippen molar-refractivity contribution < 1.29 is 14.3 Å². The van der Waals surface area contributed by atoms with Crippen LogP contribution in [-0.4, -0.2) is 37.7 Å². The Balaban J connectivity index is 2.13. The average Bonchev–Trinajstić information content (AvgIpc) is 2.99. The topological polar surface area (TPSA) is 38.8 Å². The average molecular weight is 277 g/mol. The Morgan fingerprint density at radius 2 is 1.90 bits per heavy atom. The number of ether oxygens (including phenoxy) is 2. The Morgan fingerprint density at radius 3 is 2.45 bits per heavy atom. The molecule has 1 unspecified atom stereocenters. The molecule has 0 radical (unpaired) electrons. The first kappa shape index (κ1) is 14.9. The molecular weight excluding hydrogens is 254 g/mol. The van der Waals surface area contributed by atoms with Crippen molar-refractivity contribution in [3.63, 3.8) is 0 Å². The first-order valence-corrected chi connectivity index (χ1v) is 7.28. The fourth-order valence-electron chi connectivity index (χ4n) is 2.71. The van der Waals surface area contributed by atoms with Gasteiger partial charge in [0.2, 0.25) is 0 Å². The molecule has 0 saturated carbocycles. The molecule has 1 aliphatic heterocycles. The number of hydrogen-bond acceptors (Lipinski definition) is 4. The lowest BCUT2D eigenvalue weighted by Gasteiger charge is -2.27. The molecule has 1 atom stereocenters. The van der Waals surface area contributed by atoms with E-state index in [2.05, 4.69) is 4.90 Å². The highest BCUT2D eigenvalue weighted by atomic mass is 16.5. The predicted octanol–water partition coefficient (Wildman–Crippen LogP) is 2.79. The molecule has 1 aliphatic rings. The van der Waals surface area contributed by atoms with Crippen molar-refractivity contribution in [1.29, 1.82) is 0 Å². The molecule has 0 aliphatic carbocycles. The van der Waals surface area contributed by atoms with E-state index in [1.54, 1.807) is 7.11 Å². The van der Waals surface area contributed by atoms with Gasteiger partial charge in [0.25, 0.3) is 0 Å². The highest BCUT2D eigenvalue weighted by Crippen LogP contribution is 2.29. The SMILES string of the molecule is CCOC(=O)CC(c1ccc(OC)cc1)N1CCCC1. The van der Waals surface area contributed by atoms with E-state index in [1.807, 2.05) is 31.2 Å². The van der Waals surface area contributed by atoms with Crippen molar-refractivity contribution in [2.75, 3.05) is 26.8 Å². The zero-order valence-electron chi connectivity index (χ0n) is 12.3. The van der Waals surface area contributed by atoms with Gasteiger partial charge in [-0.2, -0.15) is 0 Å². The van der Waals surface area contributed by atoms with E-state index in [0.717, 1.165) is 24.4 Å². The van der Waals surface area contributed by atoms with Crippen molar-refractivity contribution in [2.45, 2.75) is 32.2 Å². The molecule has 1 aromatic carbocycles. The van der Waals surface area contributed by atoms with Crippen molar-refractivity contribution in [3.8, 4) is 5.75 Å². The van der Waals surface area contributed by atoms with Gasteiger partial charge in [0.15, 0.2) is 0 Å². The van der Waals surface area contributed by atoms with Crippen LogP contribution in [0.4, 0.5) is 0 Å². The zero-order chi connectivity index (χ0) is 14.4. The second kappa shape index (κ2) is 7.29. The number of carbonyl (C=O) groups excluding carboxylic acids is 1. The third kappa shape index (κ3) is 3.73. The Morgan fingerprint density at radius 1 is 1.25 bits per heavy atom. The van der Waals surface area contributed by atoms with Crippen LogP contribution in [0.2, 0.25) is 0 Å². The fourth-order valence-corrected chi connectivity index (χ4v) is 2.71. The number of rotatable bonds is 6. The summed E-state index contributed by atoms with van der Waals surface area (Å²) in [5.41, 5.74) is 1.15. The lowest BCUT2D eigenvalue weighted by Crippen LogP contribution is -2.28. The highest BCUT2D eigenvalue weighted by molar-refractivity contribution is 5.70. The van der Waals surface area contributed by atoms with Crippen LogP contribution in [0, 0.1) is 0 Å². The Kier molecular flexibility index (Phi) is 5.41. The first-order valence-electron chi connectivity index (χ1n) is 7.28. The van der Waals surface area contributed by atoms with E-state index in [9.17, 15) is 4.79 Å². The summed E-state index contributed by atoms with van der Waals surface area (Å²) in [6.07, 6.45) is 2.82. The molecule has 4 nitrogen and oxygen atoms in total. The molecule has 1 heterocycles. The van der Waals surface area contributed by atoms with Crippen LogP contribution < -0.4 is 4.74 Å². The lowest BCUT2D eigenvalue weighted by atomic mass is 10.0. The fraction of sp³-hybridized carbons (Fsp3) is 0.562. The summed E-state index contributed by atoms with van der Waals surface area (Å²) in [4.78, 5) is 14.2. The summed E-state index contributed by atoms with van der Waals surface area (Å²) >= 11 is 0. The van der Waals surface area contributed by atoms with Gasteiger partial charge in [0, 0.05) is 6.04 Å². The van der Waals surface area contributed by atoms with Gasteiger partial charge in [-0.1, -0.05) is 12.1 Å². The van der Waals surface area contributed by atoms with Crippen LogP contribution >= 0.6 is 0 Å². The Bertz CT molecular complexity index is 424. The van der Waals surface area contributed by atoms with E-state index in [4.69, 9.17) is 9.47 Å². The van der Waals surface area contributed by atoms with Crippen LogP contribution in [0.15, 0.2) is 24.3 Å². The quantitative estimate of drug-likeness (QED) is 0.750. The van der Waals surface area contributed by atoms with Crippen LogP contribution in [0.3, 0.4) is 0 Å². The summed E-state index contributed by atoms with van der Waals surface area (Å²) in [5.74, 6) is 0.713. The molecule has 0 N–H and O–H groups in total. The second-order valence-corrected chi connectivity index (χ2v) is 5.04. The maximum atomic E-state index is 11.8. The highest BCUT2D eigenvalue weighted by Gasteiger charge is 2.26. The molecule has 0 amide bonds. The van der Waals surface area contributed by atoms with Gasteiger partial charge < -0.3 is 9.47 Å². The zero-order valence-corrected chi connectivity index (χ0v) is 12.3. The summed E-state index contributed by atoms with van der Waals surface area (Å²) in [5, 5.41) is 0. The lowest BCUT2D eigenvalue weighted by molar-refractivity contribution is -0.144. The third-order valence-corrected chi connectivity index (χ3v) is 3.75. The van der Waals surface area contributed by atoms with Gasteiger partial charge >= 0.3 is 5.97 Å². The molecule has 20 heavy (non-hydrogen) atoms. The molecule has 1 saturated heterocycles. The summed E-state index contributed by atoms with van der Waals surface area (Å²) in [6.45, 7) is 4.39. The van der Waals surface area contributed by atoms with Crippen molar-refractivity contribution in [2.24, 2.45) is 0 Å². The number of hydrogen-bond donors (Lipinski definition) is 0. The van der Waals surface area contributed by atoms with Crippen LogP contribution in [0.5, 0.6) is 5.75 Å². The predicted molar refractivity (Wildman–Crippen MR) is 77.8 cm³/mol. The van der Waals surface area contributed by atoms with Crippen LogP contribution in [0.1, 0.15) is 37.8 Å². The Labute approximate surface area is 120 Å². The Hall–Kier alpha value is -1.55. The normalized spacial score (nSPS) is 16.9. The third-order valence-electron chi connectivity index (χ3n) is 3.75. The van der Waals surface area contributed by atoms with E-state index < -0.39 is 0 Å². The molecule has 0 spiro atoms. The maximum Gasteiger partial charge on any atom is 0.307 e. The van der Waals surface area contributed by atoms with Gasteiger partial charge in [-0.05, 0) is 50.6 Å². The van der Waals surface area contributed by atoms with E-state index in [-0.39, 0.29) is 12.0 Å². The number of methoxy groups -OCH3 is 1. The maximum absolute atomic E-state index is 11.8. The first-order chi connectivity index (χ1) is 9.74. The minimum Gasteiger partial charge on any atom is -0.497 e. The largest absolute Gasteiger partial charge is 0.497 e. The van der Waals surface area contributed by atoms with Gasteiger partial charge in [-0.25, -0.2) is 0 Å². The van der Waals surface area contributed by atoms with Gasteiger partial charge in [-0.3, -0.25) is 9.69 Å². The van der Waals surface area contributed by atoms with Gasteiger partial charge in [0.05, 0.1) is 20.1 Å². The molecule has 110 valence electrons. The minimum atomic E-state index is -0.125. The summed E-state index contributed by atoms with van der Waals surface area (Å²) in [7, 11) is 1.66. The van der Waals surface area contributed by atoms with Crippen molar-refractivity contribution in [1.82, 2.24) is 4.90 Å². The summed E-state index contributed by atoms with van der Waals surface area (Å²) in [6, 6.07) is 8.09. The monoisotopic (exact) mass is 277 g/mol. The van der Waals surface area contributed by atoms with Crippen LogP contribution in [0.25, 0.3) is 0 Å². The van der Waals surface area contributed by atoms with Crippen molar-refractivity contribution >= 4 is 5.97 Å². The molecular formula is C16H23NO3. The van der Waals surface area contributed by atoms with Gasteiger partial charge in [0.1, 0.15) is 5.75 Å². The van der Waals surface area contributed by atoms with Crippen molar-refractivity contribution in [3.05, 3.63) is 29.8 Å². The van der Waals surface area contributed by atoms with E-state index in [0.29, 0.717) is 13.0 Å².